The van der Waals surface area contributed by atoms with E-state index in [-0.39, 0.29) is 37.5 Å². The van der Waals surface area contributed by atoms with Crippen LogP contribution in [0, 0.1) is 0 Å². The van der Waals surface area contributed by atoms with Gasteiger partial charge in [0.05, 0.1) is 0 Å². The maximum Gasteiger partial charge on any atom is 0.306 e. The van der Waals surface area contributed by atoms with Gasteiger partial charge in [0.25, 0.3) is 0 Å². The Kier molecular flexibility index (Phi) is 49.0. The van der Waals surface area contributed by atoms with E-state index in [1.54, 1.807) is 0 Å². The molecule has 0 bridgehead atoms. The lowest BCUT2D eigenvalue weighted by atomic mass is 10.1. The zero-order valence-corrected chi connectivity index (χ0v) is 41.5. The van der Waals surface area contributed by atoms with Crippen molar-refractivity contribution in [2.24, 2.45) is 0 Å². The third-order valence-corrected chi connectivity index (χ3v) is 10.8. The van der Waals surface area contributed by atoms with E-state index >= 15 is 0 Å². The highest BCUT2D eigenvalue weighted by Crippen LogP contribution is 2.13. The second kappa shape index (κ2) is 52.0. The highest BCUT2D eigenvalue weighted by molar-refractivity contribution is 5.71. The van der Waals surface area contributed by atoms with Crippen LogP contribution in [-0.4, -0.2) is 37.2 Å². The predicted octanol–water partition coefficient (Wildman–Crippen LogP) is 17.4. The Balaban J connectivity index is 4.52. The van der Waals surface area contributed by atoms with E-state index in [9.17, 15) is 14.4 Å². The van der Waals surface area contributed by atoms with E-state index in [1.165, 1.54) is 83.5 Å². The molecule has 364 valence electrons. The summed E-state index contributed by atoms with van der Waals surface area (Å²) in [7, 11) is 0. The van der Waals surface area contributed by atoms with Gasteiger partial charge in [-0.2, -0.15) is 0 Å². The molecule has 0 heterocycles. The average Bonchev–Trinajstić information content (AvgIpc) is 3.29. The summed E-state index contributed by atoms with van der Waals surface area (Å²) in [5.41, 5.74) is 0. The maximum atomic E-state index is 12.8. The van der Waals surface area contributed by atoms with Crippen LogP contribution in [0.15, 0.2) is 97.2 Å². The minimum atomic E-state index is -0.815. The molecule has 0 amide bonds. The molecule has 0 aromatic heterocycles. The van der Waals surface area contributed by atoms with Gasteiger partial charge in [0, 0.05) is 19.3 Å². The fraction of sp³-hybridized carbons (Fsp3) is 0.672. The summed E-state index contributed by atoms with van der Waals surface area (Å²) in [4.78, 5) is 37.9. The highest BCUT2D eigenvalue weighted by Gasteiger charge is 2.19. The first-order chi connectivity index (χ1) is 31.5. The topological polar surface area (TPSA) is 78.9 Å². The Labute approximate surface area is 394 Å². The van der Waals surface area contributed by atoms with Gasteiger partial charge in [-0.05, 0) is 109 Å². The van der Waals surface area contributed by atoms with Gasteiger partial charge in [-0.25, -0.2) is 0 Å². The molecule has 0 N–H and O–H groups in total. The molecule has 0 spiro atoms. The zero-order valence-electron chi connectivity index (χ0n) is 41.5. The molecule has 0 rings (SSSR count). The third kappa shape index (κ3) is 49.3. The molecule has 0 unspecified atom stereocenters. The van der Waals surface area contributed by atoms with Gasteiger partial charge in [-0.15, -0.1) is 0 Å². The standard InChI is InChI=1S/C58H96O6/c1-4-7-10-13-16-19-22-25-27-28-29-30-32-33-36-39-42-45-48-51-57(60)63-54-55(53-62-56(59)50-47-44-41-38-35-24-21-18-15-12-9-6-3)64-58(61)52-49-46-43-40-37-34-31-26-23-20-17-14-11-8-5-2/h7,10,16,18-19,21,25-27,29-31,33,36,42,45,55H,4-6,8-9,11-15,17,20,22-24,28,32,34-35,37-41,43-44,46-54H2,1-3H3/b10-7-,19-16-,21-18-,27-25-,30-29-,31-26-,36-33-,45-42-/t55-/m1/s1. The molecule has 6 nitrogen and oxygen atoms in total. The fourth-order valence-electron chi connectivity index (χ4n) is 6.87. The molecule has 0 aromatic carbocycles. The van der Waals surface area contributed by atoms with Crippen molar-refractivity contribution in [2.45, 2.75) is 239 Å². The second-order valence-electron chi connectivity index (χ2n) is 17.0. The Bertz CT molecular complexity index is 1300. The van der Waals surface area contributed by atoms with E-state index in [0.717, 1.165) is 103 Å². The van der Waals surface area contributed by atoms with E-state index in [4.69, 9.17) is 14.2 Å². The van der Waals surface area contributed by atoms with Crippen LogP contribution in [0.5, 0.6) is 0 Å². The highest BCUT2D eigenvalue weighted by atomic mass is 16.6. The molecular formula is C58H96O6. The first kappa shape index (κ1) is 60.3. The molecule has 0 radical (unpaired) electrons. The van der Waals surface area contributed by atoms with Crippen LogP contribution in [0.4, 0.5) is 0 Å². The van der Waals surface area contributed by atoms with Crippen molar-refractivity contribution in [1.82, 2.24) is 0 Å². The van der Waals surface area contributed by atoms with E-state index in [2.05, 4.69) is 112 Å². The summed E-state index contributed by atoms with van der Waals surface area (Å²) >= 11 is 0. The molecule has 0 aliphatic heterocycles. The smallest absolute Gasteiger partial charge is 0.306 e. The number of carbonyl (C=O) groups is 3. The van der Waals surface area contributed by atoms with E-state index in [0.29, 0.717) is 19.3 Å². The van der Waals surface area contributed by atoms with Crippen molar-refractivity contribution in [1.29, 1.82) is 0 Å². The Morgan fingerprint density at radius 2 is 0.641 bits per heavy atom. The molecule has 1 atom stereocenters. The van der Waals surface area contributed by atoms with E-state index < -0.39 is 6.10 Å². The Morgan fingerprint density at radius 3 is 1.08 bits per heavy atom. The van der Waals surface area contributed by atoms with Crippen LogP contribution in [0.1, 0.15) is 233 Å². The molecule has 6 heteroatoms. The number of ether oxygens (including phenoxy) is 3. The minimum absolute atomic E-state index is 0.109. The summed E-state index contributed by atoms with van der Waals surface area (Å²) in [6.45, 7) is 6.41. The number of unbranched alkanes of at least 4 members (excludes halogenated alkanes) is 19. The largest absolute Gasteiger partial charge is 0.462 e. The normalized spacial score (nSPS) is 12.9. The van der Waals surface area contributed by atoms with Crippen LogP contribution in [0.25, 0.3) is 0 Å². The zero-order chi connectivity index (χ0) is 46.5. The van der Waals surface area contributed by atoms with Crippen LogP contribution >= 0.6 is 0 Å². The second-order valence-corrected chi connectivity index (χ2v) is 17.0. The number of hydrogen-bond acceptors (Lipinski definition) is 6. The summed E-state index contributed by atoms with van der Waals surface area (Å²) in [6.07, 6.45) is 68.3. The van der Waals surface area contributed by atoms with Crippen LogP contribution < -0.4 is 0 Å². The van der Waals surface area contributed by atoms with Gasteiger partial charge in [0.1, 0.15) is 13.2 Å². The van der Waals surface area contributed by atoms with Gasteiger partial charge in [0.15, 0.2) is 6.10 Å². The molecule has 0 saturated carbocycles. The van der Waals surface area contributed by atoms with Crippen LogP contribution in [-0.2, 0) is 28.6 Å². The lowest BCUT2D eigenvalue weighted by Gasteiger charge is -2.18. The van der Waals surface area contributed by atoms with Crippen LogP contribution in [0.2, 0.25) is 0 Å². The van der Waals surface area contributed by atoms with Crippen molar-refractivity contribution in [2.75, 3.05) is 13.2 Å². The molecule has 0 fully saturated rings. The monoisotopic (exact) mass is 889 g/mol. The predicted molar refractivity (Wildman–Crippen MR) is 274 cm³/mol. The van der Waals surface area contributed by atoms with Gasteiger partial charge < -0.3 is 14.2 Å². The van der Waals surface area contributed by atoms with Crippen molar-refractivity contribution < 1.29 is 28.6 Å². The molecule has 0 saturated heterocycles. The van der Waals surface area contributed by atoms with Crippen molar-refractivity contribution in [3.8, 4) is 0 Å². The van der Waals surface area contributed by atoms with Gasteiger partial charge in [-0.3, -0.25) is 14.4 Å². The first-order valence-corrected chi connectivity index (χ1v) is 26.2. The fourth-order valence-corrected chi connectivity index (χ4v) is 6.87. The molecular weight excluding hydrogens is 793 g/mol. The van der Waals surface area contributed by atoms with E-state index in [1.807, 2.05) is 6.08 Å². The summed E-state index contributed by atoms with van der Waals surface area (Å²) in [5.74, 6) is -1.02. The quantitative estimate of drug-likeness (QED) is 0.0262. The number of rotatable bonds is 46. The Morgan fingerprint density at radius 1 is 0.328 bits per heavy atom. The summed E-state index contributed by atoms with van der Waals surface area (Å²) in [6, 6.07) is 0. The van der Waals surface area contributed by atoms with Crippen molar-refractivity contribution >= 4 is 17.9 Å². The van der Waals surface area contributed by atoms with Gasteiger partial charge in [-0.1, -0.05) is 201 Å². The molecule has 0 aliphatic rings. The maximum absolute atomic E-state index is 12.8. The van der Waals surface area contributed by atoms with Gasteiger partial charge in [0.2, 0.25) is 0 Å². The lowest BCUT2D eigenvalue weighted by Crippen LogP contribution is -2.30. The lowest BCUT2D eigenvalue weighted by molar-refractivity contribution is -0.166. The SMILES string of the molecule is CC/C=C\C/C=C\C/C=C\C/C=C\C/C=C\C/C=C\CCC(=O)OC[C@@H](COC(=O)CCCCCCC/C=C\CCCCC)OC(=O)CCCCCCC/C=C\CCCCCCCC. The molecule has 64 heavy (non-hydrogen) atoms. The van der Waals surface area contributed by atoms with Crippen molar-refractivity contribution in [3.63, 3.8) is 0 Å². The summed E-state index contributed by atoms with van der Waals surface area (Å²) in [5, 5.41) is 0. The number of allylic oxidation sites excluding steroid dienone is 16. The third-order valence-electron chi connectivity index (χ3n) is 10.8. The number of carbonyl (C=O) groups excluding carboxylic acids is 3. The summed E-state index contributed by atoms with van der Waals surface area (Å²) < 4.78 is 16.7. The van der Waals surface area contributed by atoms with Crippen molar-refractivity contribution in [3.05, 3.63) is 97.2 Å². The number of hydrogen-bond donors (Lipinski definition) is 0. The first-order valence-electron chi connectivity index (χ1n) is 26.2. The molecule has 0 aliphatic carbocycles. The Hall–Kier alpha value is -3.67. The molecule has 0 aromatic rings. The minimum Gasteiger partial charge on any atom is -0.462 e. The average molecular weight is 889 g/mol. The van der Waals surface area contributed by atoms with Crippen LogP contribution in [0.3, 0.4) is 0 Å². The number of esters is 3. The van der Waals surface area contributed by atoms with Gasteiger partial charge >= 0.3 is 17.9 Å².